The summed E-state index contributed by atoms with van der Waals surface area (Å²) in [6.45, 7) is 4.78. The van der Waals surface area contributed by atoms with E-state index >= 15 is 0 Å². The lowest BCUT2D eigenvalue weighted by molar-refractivity contribution is 0.171. The van der Waals surface area contributed by atoms with Crippen molar-refractivity contribution in [3.63, 3.8) is 0 Å². The Labute approximate surface area is 144 Å². The molecule has 1 aliphatic heterocycles. The van der Waals surface area contributed by atoms with Gasteiger partial charge in [0.1, 0.15) is 36.4 Å². The van der Waals surface area contributed by atoms with E-state index in [0.29, 0.717) is 36.5 Å². The molecule has 0 fully saturated rings. The Morgan fingerprint density at radius 2 is 1.60 bits per heavy atom. The first kappa shape index (κ1) is 15.3. The fraction of sp³-hybridized carbons (Fsp3) is 0.235. The summed E-state index contributed by atoms with van der Waals surface area (Å²) < 4.78 is 16.2. The molecule has 2 aromatic heterocycles. The zero-order valence-electron chi connectivity index (χ0n) is 13.9. The minimum atomic E-state index is 0.550. The van der Waals surface area contributed by atoms with Gasteiger partial charge in [-0.1, -0.05) is 5.16 Å². The molecule has 0 spiro atoms. The van der Waals surface area contributed by atoms with Crippen LogP contribution in [0.2, 0.25) is 0 Å². The van der Waals surface area contributed by atoms with Gasteiger partial charge in [-0.2, -0.15) is 0 Å². The van der Waals surface area contributed by atoms with Crippen LogP contribution in [0.3, 0.4) is 0 Å². The normalized spacial score (nSPS) is 12.7. The predicted molar refractivity (Wildman–Crippen MR) is 92.0 cm³/mol. The lowest BCUT2D eigenvalue weighted by atomic mass is 10.2. The maximum Gasteiger partial charge on any atom is 0.175 e. The number of rotatable bonds is 4. The fourth-order valence-electron chi connectivity index (χ4n) is 2.52. The highest BCUT2D eigenvalue weighted by Crippen LogP contribution is 2.33. The van der Waals surface area contributed by atoms with Crippen molar-refractivity contribution in [1.29, 1.82) is 0 Å². The third kappa shape index (κ3) is 3.47. The lowest BCUT2D eigenvalue weighted by Gasteiger charge is -2.19. The van der Waals surface area contributed by atoms with Crippen molar-refractivity contribution >= 4 is 23.1 Å². The molecule has 0 saturated heterocycles. The van der Waals surface area contributed by atoms with Crippen LogP contribution in [0.4, 0.5) is 23.1 Å². The number of nitrogens with one attached hydrogen (secondary N) is 2. The van der Waals surface area contributed by atoms with Crippen molar-refractivity contribution in [3.05, 3.63) is 41.9 Å². The number of fused-ring (bicyclic) bond motifs is 1. The maximum absolute atomic E-state index is 5.60. The maximum atomic E-state index is 5.60. The lowest BCUT2D eigenvalue weighted by Crippen LogP contribution is -2.15. The standard InChI is InChI=1S/C17H17N5O3/c1-10-7-17(22-25-10)21-16-9-15(18-11(2)19-16)20-12-3-4-13-14(8-12)24-6-5-23-13/h3-4,7-9H,5-6H2,1-2H3,(H2,18,19,20,21,22). The highest BCUT2D eigenvalue weighted by Gasteiger charge is 2.12. The number of anilines is 4. The molecule has 0 radical (unpaired) electrons. The summed E-state index contributed by atoms with van der Waals surface area (Å²) in [6.07, 6.45) is 0. The number of ether oxygens (including phenoxy) is 2. The second kappa shape index (κ2) is 6.31. The minimum Gasteiger partial charge on any atom is -0.486 e. The molecule has 3 heterocycles. The van der Waals surface area contributed by atoms with Crippen LogP contribution in [-0.2, 0) is 0 Å². The molecule has 0 amide bonds. The molecule has 8 heteroatoms. The van der Waals surface area contributed by atoms with Crippen LogP contribution in [0.1, 0.15) is 11.6 Å². The van der Waals surface area contributed by atoms with Crippen LogP contribution in [0.25, 0.3) is 0 Å². The van der Waals surface area contributed by atoms with Crippen molar-refractivity contribution in [2.75, 3.05) is 23.8 Å². The quantitative estimate of drug-likeness (QED) is 0.747. The zero-order chi connectivity index (χ0) is 17.2. The van der Waals surface area contributed by atoms with E-state index in [9.17, 15) is 0 Å². The second-order valence-corrected chi connectivity index (χ2v) is 5.62. The summed E-state index contributed by atoms with van der Waals surface area (Å²) in [6, 6.07) is 9.28. The largest absolute Gasteiger partial charge is 0.486 e. The smallest absolute Gasteiger partial charge is 0.175 e. The van der Waals surface area contributed by atoms with E-state index in [2.05, 4.69) is 25.8 Å². The predicted octanol–water partition coefficient (Wildman–Crippen LogP) is 3.34. The van der Waals surface area contributed by atoms with Gasteiger partial charge in [0.25, 0.3) is 0 Å². The van der Waals surface area contributed by atoms with Crippen LogP contribution in [0.5, 0.6) is 11.5 Å². The van der Waals surface area contributed by atoms with E-state index in [1.807, 2.05) is 32.0 Å². The van der Waals surface area contributed by atoms with Gasteiger partial charge >= 0.3 is 0 Å². The van der Waals surface area contributed by atoms with Gasteiger partial charge < -0.3 is 24.6 Å². The van der Waals surface area contributed by atoms with Gasteiger partial charge in [0.05, 0.1) is 0 Å². The van der Waals surface area contributed by atoms with Gasteiger partial charge in [-0.25, -0.2) is 9.97 Å². The summed E-state index contributed by atoms with van der Waals surface area (Å²) in [4.78, 5) is 8.77. The molecular formula is C17H17N5O3. The van der Waals surface area contributed by atoms with E-state index in [1.54, 1.807) is 12.1 Å². The zero-order valence-corrected chi connectivity index (χ0v) is 13.9. The Hall–Kier alpha value is -3.29. The van der Waals surface area contributed by atoms with Gasteiger partial charge in [-0.3, -0.25) is 0 Å². The Balaban J connectivity index is 1.56. The van der Waals surface area contributed by atoms with Crippen molar-refractivity contribution in [1.82, 2.24) is 15.1 Å². The number of aromatic nitrogens is 3. The number of aryl methyl sites for hydroxylation is 2. The van der Waals surface area contributed by atoms with Gasteiger partial charge in [0.15, 0.2) is 17.3 Å². The number of hydrogen-bond donors (Lipinski definition) is 2. The van der Waals surface area contributed by atoms with E-state index in [1.165, 1.54) is 0 Å². The highest BCUT2D eigenvalue weighted by molar-refractivity contribution is 5.64. The number of benzene rings is 1. The molecule has 4 rings (SSSR count). The first-order chi connectivity index (χ1) is 12.2. The molecule has 0 aliphatic carbocycles. The Morgan fingerprint density at radius 3 is 2.36 bits per heavy atom. The van der Waals surface area contributed by atoms with E-state index in [0.717, 1.165) is 22.9 Å². The summed E-state index contributed by atoms with van der Waals surface area (Å²) in [7, 11) is 0. The second-order valence-electron chi connectivity index (χ2n) is 5.62. The van der Waals surface area contributed by atoms with Crippen molar-refractivity contribution in [3.8, 4) is 11.5 Å². The molecule has 25 heavy (non-hydrogen) atoms. The van der Waals surface area contributed by atoms with Crippen LogP contribution in [0.15, 0.2) is 34.9 Å². The van der Waals surface area contributed by atoms with Gasteiger partial charge in [-0.05, 0) is 26.0 Å². The van der Waals surface area contributed by atoms with Crippen LogP contribution >= 0.6 is 0 Å². The topological polar surface area (TPSA) is 94.3 Å². The monoisotopic (exact) mass is 339 g/mol. The van der Waals surface area contributed by atoms with Gasteiger partial charge in [0, 0.05) is 23.9 Å². The average molecular weight is 339 g/mol. The Bertz CT molecular complexity index is 909. The minimum absolute atomic E-state index is 0.550. The van der Waals surface area contributed by atoms with Crippen molar-refractivity contribution in [2.45, 2.75) is 13.8 Å². The molecule has 0 bridgehead atoms. The van der Waals surface area contributed by atoms with E-state index in [4.69, 9.17) is 14.0 Å². The summed E-state index contributed by atoms with van der Waals surface area (Å²) >= 11 is 0. The molecule has 8 nitrogen and oxygen atoms in total. The molecule has 1 aliphatic rings. The molecule has 3 aromatic rings. The Kier molecular flexibility index (Phi) is 3.85. The molecule has 0 unspecified atom stereocenters. The fourth-order valence-corrected chi connectivity index (χ4v) is 2.52. The van der Waals surface area contributed by atoms with Crippen LogP contribution in [-0.4, -0.2) is 28.3 Å². The van der Waals surface area contributed by atoms with Gasteiger partial charge in [0.2, 0.25) is 0 Å². The molecule has 0 saturated carbocycles. The first-order valence-electron chi connectivity index (χ1n) is 7.88. The van der Waals surface area contributed by atoms with Crippen LogP contribution < -0.4 is 20.1 Å². The van der Waals surface area contributed by atoms with E-state index in [-0.39, 0.29) is 0 Å². The average Bonchev–Trinajstić information content (AvgIpc) is 2.99. The molecule has 0 atom stereocenters. The summed E-state index contributed by atoms with van der Waals surface area (Å²) in [5.74, 6) is 4.71. The molecule has 1 aromatic carbocycles. The number of nitrogens with zero attached hydrogens (tertiary/aromatic N) is 3. The molecular weight excluding hydrogens is 322 g/mol. The SMILES string of the molecule is Cc1nc(Nc2ccc3c(c2)OCCO3)cc(Nc2cc(C)on2)n1. The summed E-state index contributed by atoms with van der Waals surface area (Å²) in [5, 5.41) is 10.3. The van der Waals surface area contributed by atoms with Gasteiger partial charge in [-0.15, -0.1) is 0 Å². The van der Waals surface area contributed by atoms with Crippen molar-refractivity contribution < 1.29 is 14.0 Å². The highest BCUT2D eigenvalue weighted by atomic mass is 16.6. The Morgan fingerprint density at radius 1 is 0.840 bits per heavy atom. The molecule has 128 valence electrons. The first-order valence-corrected chi connectivity index (χ1v) is 7.88. The van der Waals surface area contributed by atoms with Crippen molar-refractivity contribution in [2.24, 2.45) is 0 Å². The van der Waals surface area contributed by atoms with Crippen LogP contribution in [0, 0.1) is 13.8 Å². The summed E-state index contributed by atoms with van der Waals surface area (Å²) in [5.41, 5.74) is 0.852. The molecule has 2 N–H and O–H groups in total. The van der Waals surface area contributed by atoms with E-state index < -0.39 is 0 Å². The third-order valence-electron chi connectivity index (χ3n) is 3.54. The number of hydrogen-bond acceptors (Lipinski definition) is 8. The third-order valence-corrected chi connectivity index (χ3v) is 3.54.